The molecule has 3 aromatic carbocycles. The minimum atomic E-state index is 0.784. The summed E-state index contributed by atoms with van der Waals surface area (Å²) in [6, 6.07) is 28.8. The minimum absolute atomic E-state index is 0.784. The maximum atomic E-state index is 6.22. The monoisotopic (exact) mass is 422 g/mol. The SMILES string of the molecule is Cc1cc(C)n(-c2cccc(Oc3cccc(N4C=C(c5ccccc5)N(C)C4)c3)c2)n1. The van der Waals surface area contributed by atoms with Crippen molar-refractivity contribution in [3.8, 4) is 17.2 Å². The van der Waals surface area contributed by atoms with E-state index in [1.807, 2.05) is 54.1 Å². The third-order valence-corrected chi connectivity index (χ3v) is 5.58. The maximum Gasteiger partial charge on any atom is 0.129 e. The van der Waals surface area contributed by atoms with Gasteiger partial charge in [0.1, 0.15) is 11.5 Å². The van der Waals surface area contributed by atoms with E-state index in [1.54, 1.807) is 0 Å². The molecule has 0 aliphatic carbocycles. The summed E-state index contributed by atoms with van der Waals surface area (Å²) >= 11 is 0. The average Bonchev–Trinajstić information content (AvgIpc) is 3.36. The van der Waals surface area contributed by atoms with Crippen LogP contribution >= 0.6 is 0 Å². The molecule has 4 aromatic rings. The molecule has 2 heterocycles. The molecule has 1 aliphatic rings. The quantitative estimate of drug-likeness (QED) is 0.396. The van der Waals surface area contributed by atoms with E-state index in [0.29, 0.717) is 0 Å². The van der Waals surface area contributed by atoms with Crippen LogP contribution in [0.25, 0.3) is 11.4 Å². The lowest BCUT2D eigenvalue weighted by molar-refractivity contribution is 0.481. The predicted octanol–water partition coefficient (Wildman–Crippen LogP) is 5.99. The second kappa shape index (κ2) is 8.27. The minimum Gasteiger partial charge on any atom is -0.457 e. The summed E-state index contributed by atoms with van der Waals surface area (Å²) in [4.78, 5) is 4.49. The zero-order valence-electron chi connectivity index (χ0n) is 18.6. The first-order valence-electron chi connectivity index (χ1n) is 10.7. The van der Waals surface area contributed by atoms with Crippen molar-refractivity contribution >= 4 is 11.4 Å². The molecule has 1 aliphatic heterocycles. The Bertz CT molecular complexity index is 1280. The van der Waals surface area contributed by atoms with Gasteiger partial charge >= 0.3 is 0 Å². The van der Waals surface area contributed by atoms with Gasteiger partial charge in [-0.1, -0.05) is 42.5 Å². The van der Waals surface area contributed by atoms with Gasteiger partial charge in [0, 0.05) is 36.8 Å². The summed E-state index contributed by atoms with van der Waals surface area (Å²) < 4.78 is 8.16. The van der Waals surface area contributed by atoms with Crippen LogP contribution in [0.2, 0.25) is 0 Å². The Morgan fingerprint density at radius 3 is 2.16 bits per heavy atom. The molecule has 0 atom stereocenters. The fraction of sp³-hybridized carbons (Fsp3) is 0.148. The Morgan fingerprint density at radius 1 is 0.781 bits per heavy atom. The van der Waals surface area contributed by atoms with E-state index in [2.05, 4.69) is 77.5 Å². The average molecular weight is 423 g/mol. The summed E-state index contributed by atoms with van der Waals surface area (Å²) in [5.41, 5.74) is 6.59. The van der Waals surface area contributed by atoms with Crippen molar-refractivity contribution in [2.75, 3.05) is 18.6 Å². The Morgan fingerprint density at radius 2 is 1.47 bits per heavy atom. The highest BCUT2D eigenvalue weighted by atomic mass is 16.5. The highest BCUT2D eigenvalue weighted by Gasteiger charge is 2.20. The number of aromatic nitrogens is 2. The topological polar surface area (TPSA) is 33.5 Å². The normalized spacial score (nSPS) is 13.4. The fourth-order valence-electron chi connectivity index (χ4n) is 4.08. The van der Waals surface area contributed by atoms with Gasteiger partial charge < -0.3 is 14.5 Å². The smallest absolute Gasteiger partial charge is 0.129 e. The van der Waals surface area contributed by atoms with E-state index in [0.717, 1.165) is 40.9 Å². The van der Waals surface area contributed by atoms with Crippen LogP contribution in [-0.4, -0.2) is 28.4 Å². The van der Waals surface area contributed by atoms with Crippen molar-refractivity contribution in [3.63, 3.8) is 0 Å². The molecule has 0 unspecified atom stereocenters. The highest BCUT2D eigenvalue weighted by Crippen LogP contribution is 2.32. The first-order chi connectivity index (χ1) is 15.6. The van der Waals surface area contributed by atoms with Crippen molar-refractivity contribution in [1.82, 2.24) is 14.7 Å². The molecule has 0 saturated heterocycles. The highest BCUT2D eigenvalue weighted by molar-refractivity contribution is 5.71. The van der Waals surface area contributed by atoms with Gasteiger partial charge in [-0.15, -0.1) is 0 Å². The predicted molar refractivity (Wildman–Crippen MR) is 129 cm³/mol. The van der Waals surface area contributed by atoms with Gasteiger partial charge in [-0.2, -0.15) is 5.10 Å². The van der Waals surface area contributed by atoms with Crippen LogP contribution in [-0.2, 0) is 0 Å². The lowest BCUT2D eigenvalue weighted by Crippen LogP contribution is -2.22. The van der Waals surface area contributed by atoms with Crippen molar-refractivity contribution in [2.24, 2.45) is 0 Å². The van der Waals surface area contributed by atoms with Gasteiger partial charge in [0.05, 0.1) is 23.7 Å². The molecule has 32 heavy (non-hydrogen) atoms. The van der Waals surface area contributed by atoms with Crippen LogP contribution in [0.4, 0.5) is 5.69 Å². The number of hydrogen-bond acceptors (Lipinski definition) is 4. The number of ether oxygens (including phenoxy) is 1. The van der Waals surface area contributed by atoms with Crippen molar-refractivity contribution < 1.29 is 4.74 Å². The number of aryl methyl sites for hydroxylation is 2. The van der Waals surface area contributed by atoms with Gasteiger partial charge in [0.15, 0.2) is 0 Å². The largest absolute Gasteiger partial charge is 0.457 e. The van der Waals surface area contributed by atoms with Crippen molar-refractivity contribution in [3.05, 3.63) is 108 Å². The summed E-state index contributed by atoms with van der Waals surface area (Å²) in [7, 11) is 2.11. The molecule has 0 amide bonds. The lowest BCUT2D eigenvalue weighted by atomic mass is 10.1. The second-order valence-corrected chi connectivity index (χ2v) is 8.13. The Hall–Kier alpha value is -3.99. The van der Waals surface area contributed by atoms with Crippen LogP contribution in [0.1, 0.15) is 17.0 Å². The van der Waals surface area contributed by atoms with Gasteiger partial charge in [-0.25, -0.2) is 4.68 Å². The molecule has 5 rings (SSSR count). The summed E-state index contributed by atoms with van der Waals surface area (Å²) in [6.07, 6.45) is 2.19. The van der Waals surface area contributed by atoms with E-state index in [9.17, 15) is 0 Å². The van der Waals surface area contributed by atoms with E-state index in [-0.39, 0.29) is 0 Å². The zero-order chi connectivity index (χ0) is 22.1. The maximum absolute atomic E-state index is 6.22. The van der Waals surface area contributed by atoms with Crippen LogP contribution in [0.15, 0.2) is 91.1 Å². The van der Waals surface area contributed by atoms with Gasteiger partial charge in [-0.3, -0.25) is 0 Å². The van der Waals surface area contributed by atoms with Gasteiger partial charge in [-0.05, 0) is 49.7 Å². The standard InChI is InChI=1S/C27H26N4O/c1-20-15-21(2)31(28-20)24-12-8-14-26(17-24)32-25-13-7-11-23(16-25)30-18-27(29(3)19-30)22-9-5-4-6-10-22/h4-18H,19H2,1-3H3. The van der Waals surface area contributed by atoms with Crippen molar-refractivity contribution in [2.45, 2.75) is 13.8 Å². The number of hydrogen-bond donors (Lipinski definition) is 0. The Labute approximate surface area is 188 Å². The third kappa shape index (κ3) is 3.97. The molecular weight excluding hydrogens is 396 g/mol. The molecule has 160 valence electrons. The van der Waals surface area contributed by atoms with Crippen molar-refractivity contribution in [1.29, 1.82) is 0 Å². The zero-order valence-corrected chi connectivity index (χ0v) is 18.6. The molecule has 5 heteroatoms. The summed E-state index contributed by atoms with van der Waals surface area (Å²) in [6.45, 7) is 4.85. The number of anilines is 1. The van der Waals surface area contributed by atoms with Crippen LogP contribution in [0.3, 0.4) is 0 Å². The molecule has 0 saturated carbocycles. The van der Waals surface area contributed by atoms with Gasteiger partial charge in [0.2, 0.25) is 0 Å². The lowest BCUT2D eigenvalue weighted by Gasteiger charge is -2.20. The number of nitrogens with zero attached hydrogens (tertiary/aromatic N) is 4. The summed E-state index contributed by atoms with van der Waals surface area (Å²) in [5.74, 6) is 1.59. The van der Waals surface area contributed by atoms with Crippen LogP contribution in [0, 0.1) is 13.8 Å². The Balaban J connectivity index is 1.38. The molecule has 5 nitrogen and oxygen atoms in total. The third-order valence-electron chi connectivity index (χ3n) is 5.58. The van der Waals surface area contributed by atoms with E-state index >= 15 is 0 Å². The Kier molecular flexibility index (Phi) is 5.15. The number of rotatable bonds is 5. The first kappa shape index (κ1) is 19.9. The molecule has 0 spiro atoms. The summed E-state index contributed by atoms with van der Waals surface area (Å²) in [5, 5.41) is 4.58. The van der Waals surface area contributed by atoms with Crippen LogP contribution < -0.4 is 9.64 Å². The fourth-order valence-corrected chi connectivity index (χ4v) is 4.08. The molecule has 0 radical (unpaired) electrons. The first-order valence-corrected chi connectivity index (χ1v) is 10.7. The molecule has 1 aromatic heterocycles. The molecule has 0 fully saturated rings. The van der Waals surface area contributed by atoms with E-state index in [4.69, 9.17) is 4.74 Å². The van der Waals surface area contributed by atoms with Gasteiger partial charge in [0.25, 0.3) is 0 Å². The van der Waals surface area contributed by atoms with Crippen LogP contribution in [0.5, 0.6) is 11.5 Å². The molecule has 0 N–H and O–H groups in total. The molecule has 0 bridgehead atoms. The molecular formula is C27H26N4O. The second-order valence-electron chi connectivity index (χ2n) is 8.13. The number of benzene rings is 3. The van der Waals surface area contributed by atoms with E-state index < -0.39 is 0 Å². The van der Waals surface area contributed by atoms with E-state index in [1.165, 1.54) is 11.3 Å².